The van der Waals surface area contributed by atoms with Gasteiger partial charge in [0, 0.05) is 17.4 Å². The minimum absolute atomic E-state index is 0.188. The van der Waals surface area contributed by atoms with Crippen LogP contribution in [0.5, 0.6) is 0 Å². The van der Waals surface area contributed by atoms with Crippen LogP contribution in [-0.4, -0.2) is 32.1 Å². The Morgan fingerprint density at radius 1 is 1.43 bits per heavy atom. The van der Waals surface area contributed by atoms with Crippen LogP contribution in [0.25, 0.3) is 0 Å². The van der Waals surface area contributed by atoms with Crippen LogP contribution in [0, 0.1) is 0 Å². The Labute approximate surface area is 132 Å². The van der Waals surface area contributed by atoms with Gasteiger partial charge < -0.3 is 4.90 Å². The zero-order valence-corrected chi connectivity index (χ0v) is 13.2. The van der Waals surface area contributed by atoms with E-state index in [-0.39, 0.29) is 11.9 Å². The molecule has 6 heteroatoms. The van der Waals surface area contributed by atoms with Gasteiger partial charge in [-0.3, -0.25) is 9.48 Å². The first-order valence-corrected chi connectivity index (χ1v) is 7.91. The van der Waals surface area contributed by atoms with E-state index in [2.05, 4.69) is 38.1 Å². The second-order valence-corrected chi connectivity index (χ2v) is 6.12. The molecule has 3 rings (SSSR count). The van der Waals surface area contributed by atoms with Gasteiger partial charge >= 0.3 is 0 Å². The van der Waals surface area contributed by atoms with Gasteiger partial charge in [0.15, 0.2) is 0 Å². The van der Waals surface area contributed by atoms with Crippen molar-refractivity contribution in [3.8, 4) is 0 Å². The summed E-state index contributed by atoms with van der Waals surface area (Å²) in [7, 11) is 0. The van der Waals surface area contributed by atoms with Gasteiger partial charge in [-0.2, -0.15) is 5.10 Å². The largest absolute Gasteiger partial charge is 0.336 e. The summed E-state index contributed by atoms with van der Waals surface area (Å²) in [4.78, 5) is 18.4. The summed E-state index contributed by atoms with van der Waals surface area (Å²) in [6.45, 7) is 1.42. The lowest BCUT2D eigenvalue weighted by atomic mass is 10.0. The maximum Gasteiger partial charge on any atom is 0.224 e. The second kappa shape index (κ2) is 6.39. The van der Waals surface area contributed by atoms with Gasteiger partial charge in [-0.05, 0) is 30.5 Å². The molecule has 110 valence electrons. The highest BCUT2D eigenvalue weighted by Crippen LogP contribution is 2.33. The normalized spacial score (nSPS) is 18.1. The zero-order chi connectivity index (χ0) is 14.7. The smallest absolute Gasteiger partial charge is 0.224 e. The lowest BCUT2D eigenvalue weighted by Crippen LogP contribution is -2.31. The van der Waals surface area contributed by atoms with Crippen molar-refractivity contribution in [2.45, 2.75) is 31.8 Å². The van der Waals surface area contributed by atoms with Gasteiger partial charge in [0.2, 0.25) is 5.91 Å². The maximum atomic E-state index is 12.5. The molecule has 21 heavy (non-hydrogen) atoms. The monoisotopic (exact) mass is 348 g/mol. The predicted octanol–water partition coefficient (Wildman–Crippen LogP) is 2.79. The number of hydrogen-bond donors (Lipinski definition) is 0. The average Bonchev–Trinajstić information content (AvgIpc) is 3.16. The Kier molecular flexibility index (Phi) is 4.34. The molecule has 1 saturated heterocycles. The summed E-state index contributed by atoms with van der Waals surface area (Å²) in [5.41, 5.74) is 1.20. The number of aromatic nitrogens is 3. The molecule has 1 aromatic heterocycles. The predicted molar refractivity (Wildman–Crippen MR) is 82.5 cm³/mol. The van der Waals surface area contributed by atoms with E-state index < -0.39 is 0 Å². The number of rotatable bonds is 4. The van der Waals surface area contributed by atoms with Crippen LogP contribution in [0.2, 0.25) is 0 Å². The Balaban J connectivity index is 1.67. The molecule has 0 bridgehead atoms. The number of aryl methyl sites for hydroxylation is 1. The molecule has 1 amide bonds. The van der Waals surface area contributed by atoms with Gasteiger partial charge in [0.25, 0.3) is 0 Å². The van der Waals surface area contributed by atoms with Crippen LogP contribution in [0.15, 0.2) is 41.4 Å². The molecule has 0 radical (unpaired) electrons. The minimum atomic E-state index is 0.188. The van der Waals surface area contributed by atoms with Gasteiger partial charge in [-0.15, -0.1) is 0 Å². The topological polar surface area (TPSA) is 51.0 Å². The summed E-state index contributed by atoms with van der Waals surface area (Å²) >= 11 is 3.50. The lowest BCUT2D eigenvalue weighted by molar-refractivity contribution is -0.132. The van der Waals surface area contributed by atoms with Crippen molar-refractivity contribution in [2.75, 3.05) is 6.54 Å². The van der Waals surface area contributed by atoms with Crippen LogP contribution in [0.3, 0.4) is 0 Å². The van der Waals surface area contributed by atoms with Crippen LogP contribution in [0.1, 0.15) is 30.9 Å². The highest BCUT2D eigenvalue weighted by Gasteiger charge is 2.29. The fourth-order valence-corrected chi connectivity index (χ4v) is 3.24. The van der Waals surface area contributed by atoms with E-state index in [1.165, 1.54) is 11.9 Å². The Morgan fingerprint density at radius 2 is 2.33 bits per heavy atom. The van der Waals surface area contributed by atoms with Crippen LogP contribution in [0.4, 0.5) is 0 Å². The molecule has 5 nitrogen and oxygen atoms in total. The van der Waals surface area contributed by atoms with Crippen molar-refractivity contribution < 1.29 is 4.79 Å². The number of halogens is 1. The number of carbonyl (C=O) groups is 1. The molecule has 1 aliphatic rings. The summed E-state index contributed by atoms with van der Waals surface area (Å²) in [5, 5.41) is 4.03. The molecule has 0 unspecified atom stereocenters. The molecule has 1 aromatic carbocycles. The first kappa shape index (κ1) is 14.3. The van der Waals surface area contributed by atoms with Gasteiger partial charge in [-0.1, -0.05) is 28.1 Å². The average molecular weight is 349 g/mol. The minimum Gasteiger partial charge on any atom is -0.336 e. The van der Waals surface area contributed by atoms with Crippen molar-refractivity contribution in [3.05, 3.63) is 47.0 Å². The van der Waals surface area contributed by atoms with Crippen molar-refractivity contribution in [1.29, 1.82) is 0 Å². The molecule has 2 aromatic rings. The van der Waals surface area contributed by atoms with E-state index in [1.54, 1.807) is 11.0 Å². The molecular formula is C15H17BrN4O. The SMILES string of the molecule is O=C(CCn1cncn1)N1CCC[C@H]1c1cccc(Br)c1. The number of amides is 1. The van der Waals surface area contributed by atoms with Gasteiger partial charge in [0.05, 0.1) is 12.6 Å². The molecule has 1 aliphatic heterocycles. The fourth-order valence-electron chi connectivity index (χ4n) is 2.83. The third-order valence-electron chi connectivity index (χ3n) is 3.83. The molecule has 1 atom stereocenters. The van der Waals surface area contributed by atoms with E-state index in [0.717, 1.165) is 23.9 Å². The maximum absolute atomic E-state index is 12.5. The third kappa shape index (κ3) is 3.32. The highest BCUT2D eigenvalue weighted by atomic mass is 79.9. The van der Waals surface area contributed by atoms with Crippen molar-refractivity contribution in [3.63, 3.8) is 0 Å². The van der Waals surface area contributed by atoms with E-state index in [1.807, 2.05) is 17.0 Å². The third-order valence-corrected chi connectivity index (χ3v) is 4.32. The highest BCUT2D eigenvalue weighted by molar-refractivity contribution is 9.10. The quantitative estimate of drug-likeness (QED) is 0.853. The Bertz CT molecular complexity index is 614. The zero-order valence-electron chi connectivity index (χ0n) is 11.7. The van der Waals surface area contributed by atoms with Crippen LogP contribution < -0.4 is 0 Å². The van der Waals surface area contributed by atoms with E-state index in [9.17, 15) is 4.79 Å². The first-order chi connectivity index (χ1) is 10.2. The second-order valence-electron chi connectivity index (χ2n) is 5.21. The Hall–Kier alpha value is -1.69. The van der Waals surface area contributed by atoms with Gasteiger partial charge in [0.1, 0.15) is 12.7 Å². The molecule has 1 fully saturated rings. The number of likely N-dealkylation sites (tertiary alicyclic amines) is 1. The molecule has 0 saturated carbocycles. The summed E-state index contributed by atoms with van der Waals surface area (Å²) in [6.07, 6.45) is 5.69. The van der Waals surface area contributed by atoms with Crippen LogP contribution in [-0.2, 0) is 11.3 Å². The molecule has 2 heterocycles. The standard InChI is InChI=1S/C15H17BrN4O/c16-13-4-1-3-12(9-13)14-5-2-7-20(14)15(21)6-8-19-11-17-10-18-19/h1,3-4,9-11,14H,2,5-8H2/t14-/m0/s1. The van der Waals surface area contributed by atoms with Gasteiger partial charge in [-0.25, -0.2) is 4.98 Å². The number of carbonyl (C=O) groups excluding carboxylic acids is 1. The molecular weight excluding hydrogens is 332 g/mol. The van der Waals surface area contributed by atoms with E-state index >= 15 is 0 Å². The molecule has 0 aliphatic carbocycles. The summed E-state index contributed by atoms with van der Waals surface area (Å²) < 4.78 is 2.75. The van der Waals surface area contributed by atoms with Crippen molar-refractivity contribution in [2.24, 2.45) is 0 Å². The number of hydrogen-bond acceptors (Lipinski definition) is 3. The van der Waals surface area contributed by atoms with E-state index in [0.29, 0.717) is 13.0 Å². The van der Waals surface area contributed by atoms with Crippen molar-refractivity contribution >= 4 is 21.8 Å². The summed E-state index contributed by atoms with van der Waals surface area (Å²) in [5.74, 6) is 0.188. The van der Waals surface area contributed by atoms with Crippen molar-refractivity contribution in [1.82, 2.24) is 19.7 Å². The fraction of sp³-hybridized carbons (Fsp3) is 0.400. The summed E-state index contributed by atoms with van der Waals surface area (Å²) in [6, 6.07) is 8.43. The lowest BCUT2D eigenvalue weighted by Gasteiger charge is -2.25. The number of benzene rings is 1. The molecule has 0 spiro atoms. The first-order valence-electron chi connectivity index (χ1n) is 7.11. The Morgan fingerprint density at radius 3 is 3.10 bits per heavy atom. The van der Waals surface area contributed by atoms with E-state index in [4.69, 9.17) is 0 Å². The molecule has 0 N–H and O–H groups in total. The number of nitrogens with zero attached hydrogens (tertiary/aromatic N) is 4. The van der Waals surface area contributed by atoms with Crippen LogP contribution >= 0.6 is 15.9 Å².